The number of carbonyl (C=O) groups excluding carboxylic acids is 1. The zero-order chi connectivity index (χ0) is 23.2. The Morgan fingerprint density at radius 1 is 1.27 bits per heavy atom. The number of amides is 1. The Kier molecular flexibility index (Phi) is 5.83. The molecule has 12 heteroatoms. The van der Waals surface area contributed by atoms with Crippen LogP contribution < -0.4 is 11.1 Å². The van der Waals surface area contributed by atoms with Crippen LogP contribution in [-0.4, -0.2) is 47.6 Å². The fourth-order valence-corrected chi connectivity index (χ4v) is 6.72. The molecular formula is C21H24FN5O4S2. The molecule has 1 aromatic carbocycles. The first-order valence-corrected chi connectivity index (χ1v) is 13.2. The normalized spacial score (nSPS) is 18.5. The Morgan fingerprint density at radius 3 is 2.70 bits per heavy atom. The topological polar surface area (TPSA) is 129 Å². The zero-order valence-corrected chi connectivity index (χ0v) is 19.4. The number of hydrogen-bond acceptors (Lipinski definition) is 8. The van der Waals surface area contributed by atoms with Crippen LogP contribution in [0.3, 0.4) is 0 Å². The van der Waals surface area contributed by atoms with Crippen molar-refractivity contribution in [1.82, 2.24) is 14.8 Å². The first kappa shape index (κ1) is 22.2. The lowest BCUT2D eigenvalue weighted by atomic mass is 9.92. The number of hydrogen-bond donors (Lipinski definition) is 2. The highest BCUT2D eigenvalue weighted by atomic mass is 32.2. The second-order valence-corrected chi connectivity index (χ2v) is 11.7. The first-order chi connectivity index (χ1) is 15.8. The van der Waals surface area contributed by atoms with Gasteiger partial charge in [-0.05, 0) is 50.2 Å². The molecule has 5 rings (SSSR count). The Morgan fingerprint density at radius 2 is 2.03 bits per heavy atom. The van der Waals surface area contributed by atoms with Crippen molar-refractivity contribution in [2.75, 3.05) is 24.3 Å². The molecule has 0 radical (unpaired) electrons. The van der Waals surface area contributed by atoms with Crippen LogP contribution in [0.1, 0.15) is 38.1 Å². The average Bonchev–Trinajstić information content (AvgIpc) is 3.47. The van der Waals surface area contributed by atoms with Gasteiger partial charge in [-0.2, -0.15) is 9.49 Å². The molecule has 1 saturated carbocycles. The molecule has 1 unspecified atom stereocenters. The Bertz CT molecular complexity index is 1300. The number of thiazole rings is 1. The van der Waals surface area contributed by atoms with Gasteiger partial charge in [-0.25, -0.2) is 13.4 Å². The van der Waals surface area contributed by atoms with E-state index in [-0.39, 0.29) is 21.6 Å². The van der Waals surface area contributed by atoms with Crippen LogP contribution in [0.5, 0.6) is 0 Å². The maximum atomic E-state index is 13.4. The van der Waals surface area contributed by atoms with Crippen LogP contribution in [0, 0.1) is 11.0 Å². The quantitative estimate of drug-likeness (QED) is 0.484. The van der Waals surface area contributed by atoms with E-state index < -0.39 is 32.2 Å². The number of ether oxygens (including phenoxy) is 1. The summed E-state index contributed by atoms with van der Waals surface area (Å²) < 4.78 is 46.4. The van der Waals surface area contributed by atoms with Gasteiger partial charge in [-0.3, -0.25) is 9.48 Å². The fourth-order valence-electron chi connectivity index (χ4n) is 4.29. The van der Waals surface area contributed by atoms with Crippen molar-refractivity contribution in [1.29, 1.82) is 0 Å². The van der Waals surface area contributed by atoms with Crippen LogP contribution in [0.4, 0.5) is 15.2 Å². The molecule has 9 nitrogen and oxygen atoms in total. The molecule has 1 atom stereocenters. The predicted molar refractivity (Wildman–Crippen MR) is 122 cm³/mol. The van der Waals surface area contributed by atoms with Crippen molar-refractivity contribution >= 4 is 48.8 Å². The third-order valence-corrected chi connectivity index (χ3v) is 9.17. The van der Waals surface area contributed by atoms with E-state index in [4.69, 9.17) is 10.5 Å². The van der Waals surface area contributed by atoms with Gasteiger partial charge in [0.1, 0.15) is 6.04 Å². The summed E-state index contributed by atoms with van der Waals surface area (Å²) in [4.78, 5) is 17.3. The standard InChI is InChI=1S/C21H24FN5O4S2/c22-19-11-24-21(32-19)26-20(28)17(7-12-3-5-31-6-4-12)27-16-8-13(23)9-18(15(16)10-25-27)33(29,30)14-1-2-14/h8-12,14,17H,1-7,23H2,(H,24,26,28). The predicted octanol–water partition coefficient (Wildman–Crippen LogP) is 3.15. The summed E-state index contributed by atoms with van der Waals surface area (Å²) in [5, 5.41) is 6.82. The number of anilines is 2. The second-order valence-electron chi connectivity index (χ2n) is 8.55. The summed E-state index contributed by atoms with van der Waals surface area (Å²) in [7, 11) is -3.52. The summed E-state index contributed by atoms with van der Waals surface area (Å²) >= 11 is 0.740. The third kappa shape index (κ3) is 4.46. The molecular weight excluding hydrogens is 469 g/mol. The van der Waals surface area contributed by atoms with Crippen LogP contribution >= 0.6 is 11.3 Å². The number of nitrogen functional groups attached to an aromatic ring is 1. The highest BCUT2D eigenvalue weighted by Crippen LogP contribution is 2.38. The lowest BCUT2D eigenvalue weighted by Gasteiger charge is -2.26. The van der Waals surface area contributed by atoms with Crippen LogP contribution in [0.2, 0.25) is 0 Å². The number of benzene rings is 1. The van der Waals surface area contributed by atoms with Crippen molar-refractivity contribution in [2.24, 2.45) is 5.92 Å². The number of nitrogens with two attached hydrogens (primary N) is 1. The summed E-state index contributed by atoms with van der Waals surface area (Å²) in [6.07, 6.45) is 5.87. The van der Waals surface area contributed by atoms with E-state index >= 15 is 0 Å². The number of halogens is 1. The number of carbonyl (C=O) groups is 1. The van der Waals surface area contributed by atoms with Gasteiger partial charge < -0.3 is 15.8 Å². The van der Waals surface area contributed by atoms with Gasteiger partial charge in [-0.15, -0.1) is 0 Å². The minimum Gasteiger partial charge on any atom is -0.399 e. The van der Waals surface area contributed by atoms with E-state index in [1.807, 2.05) is 0 Å². The van der Waals surface area contributed by atoms with Gasteiger partial charge in [0.25, 0.3) is 5.91 Å². The maximum Gasteiger partial charge on any atom is 0.251 e. The minimum atomic E-state index is -3.52. The van der Waals surface area contributed by atoms with Crippen molar-refractivity contribution in [3.8, 4) is 0 Å². The van der Waals surface area contributed by atoms with Gasteiger partial charge in [0.15, 0.2) is 20.1 Å². The average molecular weight is 494 g/mol. The van der Waals surface area contributed by atoms with E-state index in [2.05, 4.69) is 15.4 Å². The SMILES string of the molecule is Nc1cc(S(=O)(=O)C2CC2)c2cnn(C(CC3CCOCC3)C(=O)Nc3ncc(F)s3)c2c1. The van der Waals surface area contributed by atoms with Gasteiger partial charge in [-0.1, -0.05) is 11.3 Å². The highest BCUT2D eigenvalue weighted by Gasteiger charge is 2.39. The van der Waals surface area contributed by atoms with Gasteiger partial charge >= 0.3 is 0 Å². The number of sulfone groups is 1. The van der Waals surface area contributed by atoms with Crippen LogP contribution in [0.25, 0.3) is 10.9 Å². The fraction of sp³-hybridized carbons (Fsp3) is 0.476. The maximum absolute atomic E-state index is 13.4. The Labute approximate surface area is 194 Å². The van der Waals surface area contributed by atoms with Crippen molar-refractivity contribution in [3.05, 3.63) is 29.7 Å². The molecule has 3 aromatic rings. The van der Waals surface area contributed by atoms with Crippen molar-refractivity contribution in [3.63, 3.8) is 0 Å². The van der Waals surface area contributed by atoms with E-state index in [0.717, 1.165) is 30.4 Å². The number of nitrogens with zero attached hydrogens (tertiary/aromatic N) is 3. The molecule has 3 heterocycles. The van der Waals surface area contributed by atoms with E-state index in [9.17, 15) is 17.6 Å². The summed E-state index contributed by atoms with van der Waals surface area (Å²) in [6, 6.07) is 2.35. The van der Waals surface area contributed by atoms with Crippen LogP contribution in [0.15, 0.2) is 29.4 Å². The summed E-state index contributed by atoms with van der Waals surface area (Å²) in [5.74, 6) is -0.174. The lowest BCUT2D eigenvalue weighted by Crippen LogP contribution is -2.30. The monoisotopic (exact) mass is 493 g/mol. The minimum absolute atomic E-state index is 0.151. The highest BCUT2D eigenvalue weighted by molar-refractivity contribution is 7.92. The van der Waals surface area contributed by atoms with Gasteiger partial charge in [0.2, 0.25) is 0 Å². The number of fused-ring (bicyclic) bond motifs is 1. The van der Waals surface area contributed by atoms with E-state index in [0.29, 0.717) is 43.4 Å². The van der Waals surface area contributed by atoms with Crippen LogP contribution in [-0.2, 0) is 19.4 Å². The van der Waals surface area contributed by atoms with Crippen molar-refractivity contribution < 1.29 is 22.3 Å². The Hall–Kier alpha value is -2.57. The number of rotatable bonds is 7. The van der Waals surface area contributed by atoms with Gasteiger partial charge in [0.05, 0.1) is 28.1 Å². The molecule has 0 spiro atoms. The summed E-state index contributed by atoms with van der Waals surface area (Å²) in [5.41, 5.74) is 6.85. The smallest absolute Gasteiger partial charge is 0.251 e. The Balaban J connectivity index is 1.55. The third-order valence-electron chi connectivity index (χ3n) is 6.17. The molecule has 2 aliphatic rings. The van der Waals surface area contributed by atoms with Crippen molar-refractivity contribution in [2.45, 2.75) is 48.3 Å². The molecule has 1 amide bonds. The molecule has 33 heavy (non-hydrogen) atoms. The molecule has 1 saturated heterocycles. The molecule has 1 aliphatic carbocycles. The van der Waals surface area contributed by atoms with Gasteiger partial charge in [0, 0.05) is 24.3 Å². The molecule has 1 aliphatic heterocycles. The number of aromatic nitrogens is 3. The molecule has 3 N–H and O–H groups in total. The first-order valence-electron chi connectivity index (χ1n) is 10.8. The molecule has 2 fully saturated rings. The van der Waals surface area contributed by atoms with E-state index in [1.54, 1.807) is 6.07 Å². The lowest BCUT2D eigenvalue weighted by molar-refractivity contribution is -0.120. The number of nitrogens with one attached hydrogen (secondary N) is 1. The van der Waals surface area contributed by atoms with E-state index in [1.165, 1.54) is 16.9 Å². The molecule has 176 valence electrons. The largest absolute Gasteiger partial charge is 0.399 e. The summed E-state index contributed by atoms with van der Waals surface area (Å²) in [6.45, 7) is 1.24. The molecule has 2 aromatic heterocycles. The second kappa shape index (κ2) is 8.65. The zero-order valence-electron chi connectivity index (χ0n) is 17.7. The molecule has 0 bridgehead atoms.